The highest BCUT2D eigenvalue weighted by Crippen LogP contribution is 2.38. The highest BCUT2D eigenvalue weighted by molar-refractivity contribution is 8.08. The van der Waals surface area contributed by atoms with E-state index in [9.17, 15) is 9.90 Å². The maximum atomic E-state index is 12.9. The molecule has 130 valence electrons. The molecule has 0 unspecified atom stereocenters. The van der Waals surface area contributed by atoms with Gasteiger partial charge in [0.05, 0.1) is 11.0 Å². The van der Waals surface area contributed by atoms with E-state index in [1.54, 1.807) is 30.3 Å². The number of phenolic OH excluding ortho intramolecular Hbond substituents is 1. The molecule has 4 aromatic rings. The quantitative estimate of drug-likeness (QED) is 0.518. The van der Waals surface area contributed by atoms with Gasteiger partial charge >= 0.3 is 5.63 Å². The Morgan fingerprint density at radius 1 is 0.889 bits per heavy atom. The highest BCUT2D eigenvalue weighted by Gasteiger charge is 2.18. The first-order valence-electron chi connectivity index (χ1n) is 8.42. The van der Waals surface area contributed by atoms with Crippen LogP contribution in [0.4, 0.5) is 5.69 Å². The van der Waals surface area contributed by atoms with Gasteiger partial charge in [-0.2, -0.15) is 0 Å². The predicted molar refractivity (Wildman–Crippen MR) is 106 cm³/mol. The van der Waals surface area contributed by atoms with Crippen LogP contribution in [0.5, 0.6) is 5.75 Å². The van der Waals surface area contributed by atoms with E-state index in [4.69, 9.17) is 9.41 Å². The summed E-state index contributed by atoms with van der Waals surface area (Å²) in [5, 5.41) is 11.5. The van der Waals surface area contributed by atoms with Crippen LogP contribution in [0.2, 0.25) is 0 Å². The summed E-state index contributed by atoms with van der Waals surface area (Å²) in [6.45, 7) is 0. The molecule has 0 bridgehead atoms. The SMILES string of the molecule is O=c1oc2ccccc2c2c1=C(c1ccc(O)cc1)Sc1ccccc1N=2. The number of hydrogen-bond acceptors (Lipinski definition) is 5. The van der Waals surface area contributed by atoms with Crippen LogP contribution < -0.4 is 16.2 Å². The van der Waals surface area contributed by atoms with Crippen molar-refractivity contribution in [1.29, 1.82) is 0 Å². The summed E-state index contributed by atoms with van der Waals surface area (Å²) in [5.41, 5.74) is 1.73. The fraction of sp³-hybridized carbons (Fsp3) is 0. The Hall–Kier alpha value is -3.31. The van der Waals surface area contributed by atoms with E-state index in [1.807, 2.05) is 42.5 Å². The Bertz CT molecular complexity index is 1370. The van der Waals surface area contributed by atoms with Crippen LogP contribution in [0.3, 0.4) is 0 Å². The van der Waals surface area contributed by atoms with Gasteiger partial charge in [0.25, 0.3) is 0 Å². The van der Waals surface area contributed by atoms with Crippen molar-refractivity contribution in [2.75, 3.05) is 0 Å². The van der Waals surface area contributed by atoms with Crippen molar-refractivity contribution in [2.45, 2.75) is 4.90 Å². The van der Waals surface area contributed by atoms with Crippen LogP contribution in [0.1, 0.15) is 5.56 Å². The van der Waals surface area contributed by atoms with Gasteiger partial charge in [-0.1, -0.05) is 48.2 Å². The van der Waals surface area contributed by atoms with Gasteiger partial charge in [-0.3, -0.25) is 0 Å². The first-order valence-corrected chi connectivity index (χ1v) is 9.23. The average molecular weight is 371 g/mol. The third kappa shape index (κ3) is 2.64. The summed E-state index contributed by atoms with van der Waals surface area (Å²) in [6.07, 6.45) is 0. The van der Waals surface area contributed by atoms with Crippen LogP contribution in [0, 0.1) is 0 Å². The first-order chi connectivity index (χ1) is 13.2. The molecule has 0 saturated heterocycles. The van der Waals surface area contributed by atoms with Crippen molar-refractivity contribution < 1.29 is 9.52 Å². The zero-order valence-corrected chi connectivity index (χ0v) is 14.9. The summed E-state index contributed by atoms with van der Waals surface area (Å²) < 4.78 is 5.59. The molecule has 0 saturated carbocycles. The van der Waals surface area contributed by atoms with Crippen molar-refractivity contribution in [2.24, 2.45) is 4.99 Å². The molecule has 3 aromatic carbocycles. The molecule has 1 aliphatic heterocycles. The van der Waals surface area contributed by atoms with Crippen molar-refractivity contribution in [1.82, 2.24) is 0 Å². The molecule has 0 fully saturated rings. The number of hydrogen-bond donors (Lipinski definition) is 1. The summed E-state index contributed by atoms with van der Waals surface area (Å²) in [6, 6.07) is 22.0. The third-order valence-corrected chi connectivity index (χ3v) is 5.66. The van der Waals surface area contributed by atoms with Gasteiger partial charge in [0.1, 0.15) is 16.6 Å². The number of aromatic hydroxyl groups is 1. The van der Waals surface area contributed by atoms with Crippen molar-refractivity contribution >= 4 is 33.3 Å². The van der Waals surface area contributed by atoms with E-state index in [0.717, 1.165) is 26.4 Å². The fourth-order valence-electron chi connectivity index (χ4n) is 3.18. The van der Waals surface area contributed by atoms with Crippen molar-refractivity contribution in [3.8, 4) is 5.75 Å². The van der Waals surface area contributed by atoms with E-state index in [-0.39, 0.29) is 5.75 Å². The van der Waals surface area contributed by atoms with Crippen LogP contribution in [-0.2, 0) is 0 Å². The molecule has 0 spiro atoms. The predicted octanol–water partition coefficient (Wildman–Crippen LogP) is 3.71. The summed E-state index contributed by atoms with van der Waals surface area (Å²) in [4.78, 5) is 19.5. The molecule has 5 heteroatoms. The zero-order chi connectivity index (χ0) is 18.4. The second kappa shape index (κ2) is 6.14. The Kier molecular flexibility index (Phi) is 3.62. The van der Waals surface area contributed by atoms with E-state index in [0.29, 0.717) is 16.2 Å². The maximum Gasteiger partial charge on any atom is 0.346 e. The number of nitrogens with zero attached hydrogens (tertiary/aromatic N) is 1. The fourth-order valence-corrected chi connectivity index (χ4v) is 4.30. The Labute approximate surface area is 158 Å². The lowest BCUT2D eigenvalue weighted by Crippen LogP contribution is -2.40. The molecule has 0 radical (unpaired) electrons. The molecule has 1 N–H and O–H groups in total. The zero-order valence-electron chi connectivity index (χ0n) is 14.0. The smallest absolute Gasteiger partial charge is 0.346 e. The lowest BCUT2D eigenvalue weighted by molar-refractivity contribution is 0.475. The third-order valence-electron chi connectivity index (χ3n) is 4.45. The Morgan fingerprint density at radius 2 is 1.63 bits per heavy atom. The second-order valence-corrected chi connectivity index (χ2v) is 7.22. The molecule has 27 heavy (non-hydrogen) atoms. The minimum Gasteiger partial charge on any atom is -0.508 e. The topological polar surface area (TPSA) is 62.8 Å². The van der Waals surface area contributed by atoms with Crippen molar-refractivity contribution in [3.63, 3.8) is 0 Å². The molecule has 0 aliphatic carbocycles. The molecular weight excluding hydrogens is 358 g/mol. The largest absolute Gasteiger partial charge is 0.508 e. The monoisotopic (exact) mass is 371 g/mol. The molecule has 4 nitrogen and oxygen atoms in total. The number of fused-ring (bicyclic) bond motifs is 4. The number of benzene rings is 3. The molecule has 0 atom stereocenters. The van der Waals surface area contributed by atoms with E-state index in [2.05, 4.69) is 0 Å². The van der Waals surface area contributed by atoms with Gasteiger partial charge in [0, 0.05) is 15.2 Å². The number of para-hydroxylation sites is 2. The minimum absolute atomic E-state index is 0.175. The highest BCUT2D eigenvalue weighted by atomic mass is 32.2. The van der Waals surface area contributed by atoms with Gasteiger partial charge in [-0.05, 0) is 42.0 Å². The molecule has 0 amide bonds. The average Bonchev–Trinajstić information content (AvgIpc) is 2.86. The van der Waals surface area contributed by atoms with Gasteiger partial charge in [0.15, 0.2) is 0 Å². The first kappa shape index (κ1) is 15.9. The van der Waals surface area contributed by atoms with Crippen LogP contribution in [0.25, 0.3) is 15.9 Å². The summed E-state index contributed by atoms with van der Waals surface area (Å²) >= 11 is 1.48. The number of rotatable bonds is 1. The molecule has 5 rings (SSSR count). The Morgan fingerprint density at radius 3 is 2.48 bits per heavy atom. The summed E-state index contributed by atoms with van der Waals surface area (Å²) in [5.74, 6) is 0.175. The van der Waals surface area contributed by atoms with Crippen LogP contribution in [-0.4, -0.2) is 5.11 Å². The van der Waals surface area contributed by atoms with Gasteiger partial charge < -0.3 is 9.52 Å². The van der Waals surface area contributed by atoms with Gasteiger partial charge in [-0.15, -0.1) is 0 Å². The van der Waals surface area contributed by atoms with Crippen LogP contribution in [0.15, 0.2) is 91.9 Å². The lowest BCUT2D eigenvalue weighted by Gasteiger charge is -2.07. The molecule has 1 aromatic heterocycles. The maximum absolute atomic E-state index is 12.9. The Balaban J connectivity index is 2.01. The number of phenols is 1. The normalized spacial score (nSPS) is 12.8. The van der Waals surface area contributed by atoms with Crippen LogP contribution >= 0.6 is 11.8 Å². The van der Waals surface area contributed by atoms with Gasteiger partial charge in [0.2, 0.25) is 0 Å². The van der Waals surface area contributed by atoms with Gasteiger partial charge in [-0.25, -0.2) is 9.79 Å². The molecule has 1 aliphatic rings. The van der Waals surface area contributed by atoms with E-state index < -0.39 is 5.63 Å². The summed E-state index contributed by atoms with van der Waals surface area (Å²) in [7, 11) is 0. The lowest BCUT2D eigenvalue weighted by atomic mass is 10.1. The molecule has 2 heterocycles. The standard InChI is InChI=1S/C22H13NO3S/c24-14-11-9-13(10-12-14)21-19-20(23-16-6-2-4-8-18(16)27-21)15-5-1-3-7-17(15)26-22(19)25/h1-12,24H. The minimum atomic E-state index is -0.421. The van der Waals surface area contributed by atoms with Crippen molar-refractivity contribution in [3.05, 3.63) is 99.4 Å². The van der Waals surface area contributed by atoms with E-state index in [1.165, 1.54) is 11.8 Å². The number of thioether (sulfide) groups is 1. The molecular formula is C22H13NO3S. The second-order valence-electron chi connectivity index (χ2n) is 6.17. The van der Waals surface area contributed by atoms with E-state index >= 15 is 0 Å².